The number of hydrogen-bond acceptors (Lipinski definition) is 6. The summed E-state index contributed by atoms with van der Waals surface area (Å²) in [6, 6.07) is 12.9. The first-order valence-electron chi connectivity index (χ1n) is 7.25. The molecular formula is C17H16N4O2S. The molecule has 1 amide bonds. The zero-order valence-corrected chi connectivity index (χ0v) is 14.1. The van der Waals surface area contributed by atoms with E-state index in [0.717, 1.165) is 17.1 Å². The number of amides is 1. The van der Waals surface area contributed by atoms with Crippen molar-refractivity contribution >= 4 is 33.8 Å². The van der Waals surface area contributed by atoms with Crippen molar-refractivity contribution in [1.82, 2.24) is 9.97 Å². The van der Waals surface area contributed by atoms with Gasteiger partial charge in [0.2, 0.25) is 0 Å². The van der Waals surface area contributed by atoms with Crippen LogP contribution >= 0.6 is 11.3 Å². The predicted octanol–water partition coefficient (Wildman–Crippen LogP) is 3.85. The third-order valence-corrected chi connectivity index (χ3v) is 3.98. The lowest BCUT2D eigenvalue weighted by atomic mass is 10.3. The molecule has 0 aliphatic carbocycles. The van der Waals surface area contributed by atoms with Crippen LogP contribution in [0.3, 0.4) is 0 Å². The minimum Gasteiger partial charge on any atom is -0.497 e. The molecule has 24 heavy (non-hydrogen) atoms. The molecule has 0 unspecified atom stereocenters. The summed E-state index contributed by atoms with van der Waals surface area (Å²) < 4.78 is 5.20. The Morgan fingerprint density at radius 3 is 2.83 bits per heavy atom. The van der Waals surface area contributed by atoms with Crippen LogP contribution in [-0.4, -0.2) is 23.0 Å². The minimum absolute atomic E-state index is 0.306. The zero-order valence-electron chi connectivity index (χ0n) is 13.2. The molecule has 0 saturated carbocycles. The Morgan fingerprint density at radius 1 is 1.21 bits per heavy atom. The van der Waals surface area contributed by atoms with Crippen molar-refractivity contribution in [2.45, 2.75) is 6.92 Å². The van der Waals surface area contributed by atoms with Gasteiger partial charge in [0.25, 0.3) is 5.91 Å². The topological polar surface area (TPSA) is 76.1 Å². The van der Waals surface area contributed by atoms with Gasteiger partial charge in [-0.3, -0.25) is 4.79 Å². The molecule has 0 spiro atoms. The first kappa shape index (κ1) is 15.9. The lowest BCUT2D eigenvalue weighted by Gasteiger charge is -2.08. The minimum atomic E-state index is -0.306. The van der Waals surface area contributed by atoms with Crippen LogP contribution in [0.15, 0.2) is 48.0 Å². The van der Waals surface area contributed by atoms with Crippen LogP contribution < -0.4 is 15.4 Å². The van der Waals surface area contributed by atoms with Crippen molar-refractivity contribution in [2.75, 3.05) is 17.7 Å². The van der Waals surface area contributed by atoms with E-state index in [0.29, 0.717) is 16.5 Å². The van der Waals surface area contributed by atoms with Gasteiger partial charge in [0, 0.05) is 17.4 Å². The Balaban J connectivity index is 1.78. The molecule has 1 aromatic carbocycles. The van der Waals surface area contributed by atoms with Gasteiger partial charge in [-0.1, -0.05) is 12.1 Å². The molecule has 0 saturated heterocycles. The number of methoxy groups -OCH3 is 1. The molecule has 7 heteroatoms. The largest absolute Gasteiger partial charge is 0.497 e. The summed E-state index contributed by atoms with van der Waals surface area (Å²) >= 11 is 1.36. The number of thiazole rings is 1. The second kappa shape index (κ2) is 7.10. The molecule has 122 valence electrons. The zero-order chi connectivity index (χ0) is 16.9. The SMILES string of the molecule is COc1cccc(Nc2scnc2C(=O)Nc2cccc(C)n2)c1. The number of rotatable bonds is 5. The number of pyridine rings is 1. The van der Waals surface area contributed by atoms with Crippen LogP contribution in [0.5, 0.6) is 5.75 Å². The van der Waals surface area contributed by atoms with Crippen LogP contribution in [0.25, 0.3) is 0 Å². The number of carbonyl (C=O) groups is 1. The van der Waals surface area contributed by atoms with E-state index < -0.39 is 0 Å². The fraction of sp³-hybridized carbons (Fsp3) is 0.118. The molecule has 0 fully saturated rings. The van der Waals surface area contributed by atoms with Crippen molar-refractivity contribution in [2.24, 2.45) is 0 Å². The molecule has 0 atom stereocenters. The molecule has 0 aliphatic rings. The molecule has 3 aromatic rings. The predicted molar refractivity (Wildman–Crippen MR) is 95.3 cm³/mol. The van der Waals surface area contributed by atoms with Gasteiger partial charge >= 0.3 is 0 Å². The standard InChI is InChI=1S/C17H16N4O2S/c1-11-5-3-8-14(19-11)21-16(22)15-17(24-10-18-15)20-12-6-4-7-13(9-12)23-2/h3-10,20H,1-2H3,(H,19,21,22). The molecule has 0 radical (unpaired) electrons. The Hall–Kier alpha value is -2.93. The highest BCUT2D eigenvalue weighted by Gasteiger charge is 2.16. The number of aromatic nitrogens is 2. The number of aryl methyl sites for hydroxylation is 1. The monoisotopic (exact) mass is 340 g/mol. The number of anilines is 3. The molecule has 6 nitrogen and oxygen atoms in total. The molecule has 0 aliphatic heterocycles. The van der Waals surface area contributed by atoms with Gasteiger partial charge < -0.3 is 15.4 Å². The molecule has 0 bridgehead atoms. The van der Waals surface area contributed by atoms with E-state index in [2.05, 4.69) is 20.6 Å². The quantitative estimate of drug-likeness (QED) is 0.738. The van der Waals surface area contributed by atoms with Crippen molar-refractivity contribution in [3.05, 3.63) is 59.4 Å². The van der Waals surface area contributed by atoms with Gasteiger partial charge in [-0.2, -0.15) is 0 Å². The summed E-state index contributed by atoms with van der Waals surface area (Å²) in [5.74, 6) is 0.930. The van der Waals surface area contributed by atoms with E-state index >= 15 is 0 Å². The Morgan fingerprint density at radius 2 is 2.04 bits per heavy atom. The van der Waals surface area contributed by atoms with Crippen LogP contribution in [0.1, 0.15) is 16.2 Å². The van der Waals surface area contributed by atoms with Crippen LogP contribution in [0, 0.1) is 6.92 Å². The summed E-state index contributed by atoms with van der Waals surface area (Å²) in [5, 5.41) is 6.62. The van der Waals surface area contributed by atoms with Gasteiger partial charge in [0.05, 0.1) is 12.6 Å². The van der Waals surface area contributed by atoms with E-state index in [9.17, 15) is 4.79 Å². The summed E-state index contributed by atoms with van der Waals surface area (Å²) in [6.07, 6.45) is 0. The fourth-order valence-corrected chi connectivity index (χ4v) is 2.81. The van der Waals surface area contributed by atoms with Gasteiger partial charge in [0.15, 0.2) is 5.69 Å². The normalized spacial score (nSPS) is 10.2. The van der Waals surface area contributed by atoms with Crippen molar-refractivity contribution in [3.8, 4) is 5.75 Å². The Kier molecular flexibility index (Phi) is 4.72. The molecule has 2 heterocycles. The third kappa shape index (κ3) is 3.69. The number of hydrogen-bond donors (Lipinski definition) is 2. The highest BCUT2D eigenvalue weighted by atomic mass is 32.1. The van der Waals surface area contributed by atoms with Crippen LogP contribution in [0.4, 0.5) is 16.5 Å². The van der Waals surface area contributed by atoms with Crippen molar-refractivity contribution < 1.29 is 9.53 Å². The number of nitrogens with one attached hydrogen (secondary N) is 2. The molecule has 2 N–H and O–H groups in total. The fourth-order valence-electron chi connectivity index (χ4n) is 2.12. The van der Waals surface area contributed by atoms with E-state index in [1.807, 2.05) is 43.3 Å². The molecule has 3 rings (SSSR count). The van der Waals surface area contributed by atoms with Gasteiger partial charge in [-0.15, -0.1) is 11.3 Å². The second-order valence-corrected chi connectivity index (χ2v) is 5.86. The average molecular weight is 340 g/mol. The first-order chi connectivity index (χ1) is 11.7. The van der Waals surface area contributed by atoms with Crippen molar-refractivity contribution in [3.63, 3.8) is 0 Å². The van der Waals surface area contributed by atoms with Gasteiger partial charge in [-0.25, -0.2) is 9.97 Å². The Bertz CT molecular complexity index is 863. The van der Waals surface area contributed by atoms with Crippen LogP contribution in [0.2, 0.25) is 0 Å². The number of benzene rings is 1. The second-order valence-electron chi connectivity index (χ2n) is 5.01. The van der Waals surface area contributed by atoms with E-state index in [1.54, 1.807) is 18.7 Å². The maximum Gasteiger partial charge on any atom is 0.278 e. The van der Waals surface area contributed by atoms with E-state index in [-0.39, 0.29) is 5.91 Å². The van der Waals surface area contributed by atoms with Crippen LogP contribution in [-0.2, 0) is 0 Å². The molecule has 2 aromatic heterocycles. The lowest BCUT2D eigenvalue weighted by Crippen LogP contribution is -2.15. The average Bonchev–Trinajstić information content (AvgIpc) is 3.03. The lowest BCUT2D eigenvalue weighted by molar-refractivity contribution is 0.102. The third-order valence-electron chi connectivity index (χ3n) is 3.24. The highest BCUT2D eigenvalue weighted by molar-refractivity contribution is 7.14. The maximum atomic E-state index is 12.4. The van der Waals surface area contributed by atoms with E-state index in [4.69, 9.17) is 4.74 Å². The van der Waals surface area contributed by atoms with E-state index in [1.165, 1.54) is 11.3 Å². The van der Waals surface area contributed by atoms with Gasteiger partial charge in [-0.05, 0) is 31.2 Å². The number of nitrogens with zero attached hydrogens (tertiary/aromatic N) is 2. The van der Waals surface area contributed by atoms with Crippen molar-refractivity contribution in [1.29, 1.82) is 0 Å². The first-order valence-corrected chi connectivity index (χ1v) is 8.13. The highest BCUT2D eigenvalue weighted by Crippen LogP contribution is 2.27. The maximum absolute atomic E-state index is 12.4. The Labute approximate surface area is 143 Å². The van der Waals surface area contributed by atoms with Gasteiger partial charge in [0.1, 0.15) is 16.6 Å². The molecular weight excluding hydrogens is 324 g/mol. The number of carbonyl (C=O) groups excluding carboxylic acids is 1. The summed E-state index contributed by atoms with van der Waals surface area (Å²) in [4.78, 5) is 20.9. The summed E-state index contributed by atoms with van der Waals surface area (Å²) in [6.45, 7) is 1.87. The summed E-state index contributed by atoms with van der Waals surface area (Å²) in [5.41, 5.74) is 3.61. The smallest absolute Gasteiger partial charge is 0.278 e. The summed E-state index contributed by atoms with van der Waals surface area (Å²) in [7, 11) is 1.61. The number of ether oxygens (including phenoxy) is 1.